The summed E-state index contributed by atoms with van der Waals surface area (Å²) in [6.07, 6.45) is 2.48. The number of nitrogens with zero attached hydrogens (tertiary/aromatic N) is 2. The molecule has 3 heterocycles. The number of rotatable bonds is 3. The van der Waals surface area contributed by atoms with Gasteiger partial charge in [-0.3, -0.25) is 9.89 Å². The van der Waals surface area contributed by atoms with Gasteiger partial charge in [0, 0.05) is 28.4 Å². The van der Waals surface area contributed by atoms with Crippen molar-refractivity contribution in [1.29, 1.82) is 0 Å². The zero-order valence-corrected chi connectivity index (χ0v) is 14.7. The lowest BCUT2D eigenvalue weighted by Gasteiger charge is -2.25. The zero-order chi connectivity index (χ0) is 15.9. The minimum atomic E-state index is 0.151. The van der Waals surface area contributed by atoms with Crippen LogP contribution in [0.4, 0.5) is 0 Å². The Balaban J connectivity index is 1.82. The minimum absolute atomic E-state index is 0.151. The second-order valence-corrected chi connectivity index (χ2v) is 7.60. The summed E-state index contributed by atoms with van der Waals surface area (Å²) in [5, 5.41) is 7.31. The number of aryl methyl sites for hydroxylation is 3. The van der Waals surface area contributed by atoms with E-state index >= 15 is 0 Å². The van der Waals surface area contributed by atoms with Gasteiger partial charge >= 0.3 is 0 Å². The van der Waals surface area contributed by atoms with Gasteiger partial charge in [-0.05, 0) is 45.8 Å². The Hall–Kier alpha value is -1.47. The van der Waals surface area contributed by atoms with Crippen LogP contribution in [-0.2, 0) is 11.2 Å². The van der Waals surface area contributed by atoms with Gasteiger partial charge in [0.2, 0.25) is 5.91 Å². The molecule has 0 aromatic carbocycles. The summed E-state index contributed by atoms with van der Waals surface area (Å²) in [6, 6.07) is 0.151. The molecular weight excluding hydrogens is 316 g/mol. The number of hydrogen-bond donors (Lipinski definition) is 2. The third kappa shape index (κ3) is 2.75. The monoisotopic (exact) mass is 336 g/mol. The summed E-state index contributed by atoms with van der Waals surface area (Å²) in [6.45, 7) is 6.82. The number of hydrogen-bond acceptors (Lipinski definition) is 4. The fraction of sp³-hybridized carbons (Fsp3) is 0.533. The minimum Gasteiger partial charge on any atom is -0.341 e. The van der Waals surface area contributed by atoms with Gasteiger partial charge in [-0.1, -0.05) is 0 Å². The number of H-pyrrole nitrogens is 2. The maximum atomic E-state index is 12.8. The Morgan fingerprint density at radius 2 is 2.18 bits per heavy atom. The molecule has 3 rings (SSSR count). The first-order valence-electron chi connectivity index (χ1n) is 7.47. The molecule has 0 aliphatic carbocycles. The first-order chi connectivity index (χ1) is 10.5. The van der Waals surface area contributed by atoms with Crippen molar-refractivity contribution in [3.8, 4) is 0 Å². The second-order valence-electron chi connectivity index (χ2n) is 5.83. The molecular formula is C15H20N4OS2. The Morgan fingerprint density at radius 1 is 1.41 bits per heavy atom. The summed E-state index contributed by atoms with van der Waals surface area (Å²) in [5.41, 5.74) is 4.26. The Kier molecular flexibility index (Phi) is 4.18. The molecule has 0 saturated carbocycles. The highest BCUT2D eigenvalue weighted by atomic mass is 32.1. The van der Waals surface area contributed by atoms with Crippen molar-refractivity contribution in [2.75, 3.05) is 6.54 Å². The molecule has 0 spiro atoms. The van der Waals surface area contributed by atoms with Crippen molar-refractivity contribution in [2.45, 2.75) is 46.1 Å². The zero-order valence-electron chi connectivity index (χ0n) is 13.0. The average Bonchev–Trinajstić information content (AvgIpc) is 3.11. The second kappa shape index (κ2) is 5.96. The molecule has 5 nitrogen and oxygen atoms in total. The van der Waals surface area contributed by atoms with Crippen molar-refractivity contribution in [2.24, 2.45) is 0 Å². The van der Waals surface area contributed by atoms with Crippen LogP contribution in [-0.4, -0.2) is 32.5 Å². The molecule has 2 aromatic rings. The first kappa shape index (κ1) is 15.4. The summed E-state index contributed by atoms with van der Waals surface area (Å²) in [4.78, 5) is 18.9. The third-order valence-electron chi connectivity index (χ3n) is 4.33. The summed E-state index contributed by atoms with van der Waals surface area (Å²) < 4.78 is 0.736. The van der Waals surface area contributed by atoms with Gasteiger partial charge in [-0.15, -0.1) is 11.3 Å². The van der Waals surface area contributed by atoms with E-state index in [-0.39, 0.29) is 11.9 Å². The fourth-order valence-corrected chi connectivity index (χ4v) is 4.54. The average molecular weight is 336 g/mol. The van der Waals surface area contributed by atoms with Crippen molar-refractivity contribution in [1.82, 2.24) is 20.1 Å². The van der Waals surface area contributed by atoms with E-state index in [2.05, 4.69) is 15.2 Å². The highest BCUT2D eigenvalue weighted by Gasteiger charge is 2.33. The predicted molar refractivity (Wildman–Crippen MR) is 89.7 cm³/mol. The van der Waals surface area contributed by atoms with Crippen molar-refractivity contribution >= 4 is 29.5 Å². The van der Waals surface area contributed by atoms with Crippen LogP contribution in [0.5, 0.6) is 0 Å². The summed E-state index contributed by atoms with van der Waals surface area (Å²) in [5.74, 6) is 0.177. The first-order valence-corrected chi connectivity index (χ1v) is 8.69. The van der Waals surface area contributed by atoms with Gasteiger partial charge in [0.25, 0.3) is 0 Å². The largest absolute Gasteiger partial charge is 0.341 e. The maximum Gasteiger partial charge on any atom is 0.228 e. The molecule has 0 bridgehead atoms. The van der Waals surface area contributed by atoms with Crippen LogP contribution in [0.15, 0.2) is 0 Å². The predicted octanol–water partition coefficient (Wildman–Crippen LogP) is 3.36. The van der Waals surface area contributed by atoms with Crippen LogP contribution in [0, 0.1) is 24.7 Å². The molecule has 22 heavy (non-hydrogen) atoms. The lowest BCUT2D eigenvalue weighted by atomic mass is 10.0. The molecule has 1 saturated heterocycles. The third-order valence-corrected chi connectivity index (χ3v) is 5.66. The van der Waals surface area contributed by atoms with Gasteiger partial charge in [-0.2, -0.15) is 5.10 Å². The van der Waals surface area contributed by atoms with Crippen LogP contribution >= 0.6 is 23.6 Å². The van der Waals surface area contributed by atoms with Crippen LogP contribution in [0.2, 0.25) is 0 Å². The maximum absolute atomic E-state index is 12.8. The topological polar surface area (TPSA) is 64.8 Å². The molecule has 118 valence electrons. The number of carbonyl (C=O) groups excluding carboxylic acids is 1. The van der Waals surface area contributed by atoms with Gasteiger partial charge in [0.15, 0.2) is 3.95 Å². The summed E-state index contributed by atoms with van der Waals surface area (Å²) >= 11 is 6.66. The molecule has 0 radical (unpaired) electrons. The van der Waals surface area contributed by atoms with E-state index in [9.17, 15) is 4.79 Å². The van der Waals surface area contributed by atoms with E-state index in [0.29, 0.717) is 6.42 Å². The lowest BCUT2D eigenvalue weighted by Crippen LogP contribution is -2.32. The van der Waals surface area contributed by atoms with Crippen molar-refractivity contribution in [3.05, 3.63) is 31.5 Å². The van der Waals surface area contributed by atoms with Gasteiger partial charge < -0.3 is 9.88 Å². The van der Waals surface area contributed by atoms with Crippen LogP contribution in [0.3, 0.4) is 0 Å². The number of carbonyl (C=O) groups is 1. The van der Waals surface area contributed by atoms with E-state index < -0.39 is 0 Å². The molecule has 2 aromatic heterocycles. The number of aromatic amines is 2. The molecule has 1 fully saturated rings. The number of likely N-dealkylation sites (tertiary alicyclic amines) is 1. The van der Waals surface area contributed by atoms with E-state index in [1.54, 1.807) is 0 Å². The smallest absolute Gasteiger partial charge is 0.228 e. The quantitative estimate of drug-likeness (QED) is 0.845. The Bertz CT molecular complexity index is 738. The van der Waals surface area contributed by atoms with E-state index in [0.717, 1.165) is 45.3 Å². The lowest BCUT2D eigenvalue weighted by molar-refractivity contribution is -0.131. The van der Waals surface area contributed by atoms with Crippen LogP contribution in [0.25, 0.3) is 0 Å². The highest BCUT2D eigenvalue weighted by Crippen LogP contribution is 2.35. The van der Waals surface area contributed by atoms with Crippen LogP contribution in [0.1, 0.15) is 46.4 Å². The Morgan fingerprint density at radius 3 is 2.77 bits per heavy atom. The fourth-order valence-electron chi connectivity index (χ4n) is 3.26. The molecule has 1 atom stereocenters. The van der Waals surface area contributed by atoms with E-state index in [4.69, 9.17) is 12.2 Å². The van der Waals surface area contributed by atoms with Gasteiger partial charge in [-0.25, -0.2) is 0 Å². The molecule has 1 unspecified atom stereocenters. The highest BCUT2D eigenvalue weighted by molar-refractivity contribution is 7.73. The molecule has 1 aliphatic heterocycles. The SMILES string of the molecule is Cc1n[nH]c(C)c1C1CCCN1C(=O)Cc1sc(=S)[nH]c1C. The number of nitrogens with one attached hydrogen (secondary N) is 2. The van der Waals surface area contributed by atoms with Gasteiger partial charge in [0.1, 0.15) is 0 Å². The standard InChI is InChI=1S/C15H20N4OS2/c1-8-12(22-15(21)16-8)7-13(20)19-6-4-5-11(19)14-9(2)17-18-10(14)3/h11H,4-7H2,1-3H3,(H,16,21)(H,17,18). The molecule has 2 N–H and O–H groups in total. The van der Waals surface area contributed by atoms with E-state index in [1.165, 1.54) is 16.9 Å². The number of aromatic nitrogens is 3. The molecule has 1 aliphatic rings. The van der Waals surface area contributed by atoms with E-state index in [1.807, 2.05) is 25.7 Å². The number of amides is 1. The normalized spacial score (nSPS) is 18.1. The van der Waals surface area contributed by atoms with Gasteiger partial charge in [0.05, 0.1) is 18.2 Å². The van der Waals surface area contributed by atoms with Crippen molar-refractivity contribution in [3.63, 3.8) is 0 Å². The Labute approximate surface area is 138 Å². The molecule has 7 heteroatoms. The molecule has 1 amide bonds. The van der Waals surface area contributed by atoms with Crippen molar-refractivity contribution < 1.29 is 4.79 Å². The summed E-state index contributed by atoms with van der Waals surface area (Å²) in [7, 11) is 0. The number of thiazole rings is 1. The van der Waals surface area contributed by atoms with Crippen LogP contribution < -0.4 is 0 Å².